The lowest BCUT2D eigenvalue weighted by molar-refractivity contribution is -0.148. The molecule has 0 radical (unpaired) electrons. The third-order valence-corrected chi connectivity index (χ3v) is 5.44. The number of anilines is 1. The Bertz CT molecular complexity index is 663. The summed E-state index contributed by atoms with van der Waals surface area (Å²) >= 11 is 0. The van der Waals surface area contributed by atoms with E-state index in [0.29, 0.717) is 22.9 Å². The number of carbonyl (C=O) groups is 2. The lowest BCUT2D eigenvalue weighted by Crippen LogP contribution is -2.37. The Labute approximate surface area is 146 Å². The number of benzene rings is 1. The van der Waals surface area contributed by atoms with E-state index in [1.165, 1.54) is 21.3 Å². The highest BCUT2D eigenvalue weighted by molar-refractivity contribution is 5.96. The number of aliphatic carboxylic acids is 1. The number of fused-ring (bicyclic) bond motifs is 2. The van der Waals surface area contributed by atoms with E-state index >= 15 is 0 Å². The molecule has 0 unspecified atom stereocenters. The third-order valence-electron chi connectivity index (χ3n) is 5.44. The van der Waals surface area contributed by atoms with Crippen LogP contribution in [0.1, 0.15) is 19.3 Å². The number of methoxy groups -OCH3 is 3. The highest BCUT2D eigenvalue weighted by Gasteiger charge is 2.54. The van der Waals surface area contributed by atoms with E-state index in [1.54, 1.807) is 12.1 Å². The Morgan fingerprint density at radius 1 is 1.00 bits per heavy atom. The summed E-state index contributed by atoms with van der Waals surface area (Å²) < 4.78 is 15.8. The van der Waals surface area contributed by atoms with Gasteiger partial charge in [0.1, 0.15) is 0 Å². The van der Waals surface area contributed by atoms with E-state index in [-0.39, 0.29) is 17.7 Å². The van der Waals surface area contributed by atoms with Crippen molar-refractivity contribution in [3.8, 4) is 17.2 Å². The maximum atomic E-state index is 12.8. The fourth-order valence-electron chi connectivity index (χ4n) is 4.40. The number of amides is 1. The van der Waals surface area contributed by atoms with E-state index in [4.69, 9.17) is 14.2 Å². The molecule has 2 saturated carbocycles. The van der Waals surface area contributed by atoms with Crippen LogP contribution in [0.4, 0.5) is 5.69 Å². The molecular weight excluding hydrogens is 326 g/mol. The van der Waals surface area contributed by atoms with Crippen LogP contribution >= 0.6 is 0 Å². The number of carboxylic acids is 1. The van der Waals surface area contributed by atoms with E-state index in [1.807, 2.05) is 0 Å². The zero-order valence-corrected chi connectivity index (χ0v) is 14.6. The second kappa shape index (κ2) is 6.82. The molecule has 2 aliphatic carbocycles. The van der Waals surface area contributed by atoms with Crippen molar-refractivity contribution in [1.82, 2.24) is 0 Å². The standard InChI is InChI=1S/C18H23NO6/c1-23-12-7-11(8-13(24-2)16(12)25-3)19-17(20)14-9-4-5-10(6-9)15(14)18(21)22/h7-10,14-15H,4-6H2,1-3H3,(H,19,20)(H,21,22)/t9-,10-,14-,15-/m0/s1. The van der Waals surface area contributed by atoms with Crippen LogP contribution in [0.25, 0.3) is 0 Å². The van der Waals surface area contributed by atoms with Gasteiger partial charge < -0.3 is 24.6 Å². The molecule has 2 fully saturated rings. The summed E-state index contributed by atoms with van der Waals surface area (Å²) in [5, 5.41) is 12.4. The number of carboxylic acid groups (broad SMARTS) is 1. The molecule has 0 heterocycles. The van der Waals surface area contributed by atoms with Gasteiger partial charge in [-0.1, -0.05) is 0 Å². The molecule has 1 aromatic rings. The van der Waals surface area contributed by atoms with Crippen molar-refractivity contribution in [3.05, 3.63) is 12.1 Å². The Balaban J connectivity index is 1.84. The van der Waals surface area contributed by atoms with Crippen LogP contribution in [0.3, 0.4) is 0 Å². The third kappa shape index (κ3) is 2.99. The Morgan fingerprint density at radius 2 is 1.56 bits per heavy atom. The quantitative estimate of drug-likeness (QED) is 0.819. The second-order valence-corrected chi connectivity index (χ2v) is 6.63. The van der Waals surface area contributed by atoms with Crippen LogP contribution in [0.5, 0.6) is 17.2 Å². The molecule has 3 rings (SSSR count). The first-order chi connectivity index (χ1) is 12.0. The average Bonchev–Trinajstić information content (AvgIpc) is 3.21. The van der Waals surface area contributed by atoms with Gasteiger partial charge in [0.25, 0.3) is 0 Å². The van der Waals surface area contributed by atoms with Crippen LogP contribution in [0.15, 0.2) is 12.1 Å². The molecule has 2 N–H and O–H groups in total. The van der Waals surface area contributed by atoms with E-state index in [9.17, 15) is 14.7 Å². The molecule has 25 heavy (non-hydrogen) atoms. The smallest absolute Gasteiger partial charge is 0.307 e. The lowest BCUT2D eigenvalue weighted by atomic mass is 9.78. The molecule has 4 atom stereocenters. The van der Waals surface area contributed by atoms with Crippen LogP contribution in [0, 0.1) is 23.7 Å². The monoisotopic (exact) mass is 349 g/mol. The van der Waals surface area contributed by atoms with Crippen LogP contribution in [-0.2, 0) is 9.59 Å². The molecule has 0 aromatic heterocycles. The van der Waals surface area contributed by atoms with Gasteiger partial charge in [-0.05, 0) is 31.1 Å². The largest absolute Gasteiger partial charge is 0.493 e. The first-order valence-corrected chi connectivity index (χ1v) is 8.33. The summed E-state index contributed by atoms with van der Waals surface area (Å²) in [6, 6.07) is 3.28. The molecule has 0 saturated heterocycles. The number of hydrogen-bond acceptors (Lipinski definition) is 5. The van der Waals surface area contributed by atoms with Crippen molar-refractivity contribution in [2.75, 3.05) is 26.6 Å². The molecular formula is C18H23NO6. The SMILES string of the molecule is COc1cc(NC(=O)[C@H]2[C@H]3CC[C@@H](C3)[C@@H]2C(=O)O)cc(OC)c1OC. The predicted octanol–water partition coefficient (Wildman–Crippen LogP) is 2.40. The first kappa shape index (κ1) is 17.4. The number of nitrogens with one attached hydrogen (secondary N) is 1. The minimum atomic E-state index is -0.878. The molecule has 136 valence electrons. The van der Waals surface area contributed by atoms with Crippen molar-refractivity contribution < 1.29 is 28.9 Å². The molecule has 7 nitrogen and oxygen atoms in total. The minimum Gasteiger partial charge on any atom is -0.493 e. The van der Waals surface area contributed by atoms with Crippen LogP contribution in [0.2, 0.25) is 0 Å². The van der Waals surface area contributed by atoms with Crippen LogP contribution in [-0.4, -0.2) is 38.3 Å². The topological polar surface area (TPSA) is 94.1 Å². The summed E-state index contributed by atoms with van der Waals surface area (Å²) in [5.41, 5.74) is 0.492. The highest BCUT2D eigenvalue weighted by Crippen LogP contribution is 2.52. The van der Waals surface area contributed by atoms with Gasteiger partial charge in [0.05, 0.1) is 33.2 Å². The normalized spacial score (nSPS) is 27.0. The van der Waals surface area contributed by atoms with Crippen LogP contribution < -0.4 is 19.5 Å². The van der Waals surface area contributed by atoms with Crippen molar-refractivity contribution in [2.24, 2.45) is 23.7 Å². The zero-order chi connectivity index (χ0) is 18.1. The van der Waals surface area contributed by atoms with Gasteiger partial charge in [-0.25, -0.2) is 0 Å². The maximum Gasteiger partial charge on any atom is 0.307 e. The van der Waals surface area contributed by atoms with Gasteiger partial charge in [0.2, 0.25) is 11.7 Å². The van der Waals surface area contributed by atoms with Gasteiger partial charge in [-0.15, -0.1) is 0 Å². The minimum absolute atomic E-state index is 0.109. The zero-order valence-electron chi connectivity index (χ0n) is 14.6. The maximum absolute atomic E-state index is 12.8. The van der Waals surface area contributed by atoms with Gasteiger partial charge in [-0.3, -0.25) is 9.59 Å². The summed E-state index contributed by atoms with van der Waals surface area (Å²) in [6.07, 6.45) is 2.64. The Kier molecular flexibility index (Phi) is 4.74. The van der Waals surface area contributed by atoms with Gasteiger partial charge >= 0.3 is 5.97 Å². The molecule has 0 aliphatic heterocycles. The van der Waals surface area contributed by atoms with Crippen molar-refractivity contribution in [1.29, 1.82) is 0 Å². The first-order valence-electron chi connectivity index (χ1n) is 8.33. The van der Waals surface area contributed by atoms with Gasteiger partial charge in [0.15, 0.2) is 11.5 Å². The van der Waals surface area contributed by atoms with E-state index in [0.717, 1.165) is 19.3 Å². The lowest BCUT2D eigenvalue weighted by Gasteiger charge is -2.27. The molecule has 1 aromatic carbocycles. The molecule has 0 spiro atoms. The fraction of sp³-hybridized carbons (Fsp3) is 0.556. The number of ether oxygens (including phenoxy) is 3. The predicted molar refractivity (Wildman–Crippen MR) is 90.2 cm³/mol. The fourth-order valence-corrected chi connectivity index (χ4v) is 4.40. The van der Waals surface area contributed by atoms with Gasteiger partial charge in [-0.2, -0.15) is 0 Å². The average molecular weight is 349 g/mol. The molecule has 2 bridgehead atoms. The Morgan fingerprint density at radius 3 is 2.04 bits per heavy atom. The van der Waals surface area contributed by atoms with E-state index in [2.05, 4.69) is 5.32 Å². The molecule has 2 aliphatic rings. The summed E-state index contributed by atoms with van der Waals surface area (Å²) in [5.74, 6) is -0.667. The number of rotatable bonds is 6. The number of carbonyl (C=O) groups excluding carboxylic acids is 1. The van der Waals surface area contributed by atoms with Crippen molar-refractivity contribution in [3.63, 3.8) is 0 Å². The highest BCUT2D eigenvalue weighted by atomic mass is 16.5. The van der Waals surface area contributed by atoms with Crippen molar-refractivity contribution in [2.45, 2.75) is 19.3 Å². The van der Waals surface area contributed by atoms with Gasteiger partial charge in [0, 0.05) is 17.8 Å². The Hall–Kier alpha value is -2.44. The summed E-state index contributed by atoms with van der Waals surface area (Å²) in [6.45, 7) is 0. The second-order valence-electron chi connectivity index (χ2n) is 6.63. The number of hydrogen-bond donors (Lipinski definition) is 2. The van der Waals surface area contributed by atoms with E-state index < -0.39 is 17.8 Å². The molecule has 7 heteroatoms. The summed E-state index contributed by atoms with van der Waals surface area (Å²) in [4.78, 5) is 24.4. The summed E-state index contributed by atoms with van der Waals surface area (Å²) in [7, 11) is 4.50. The molecule has 1 amide bonds. The van der Waals surface area contributed by atoms with Crippen molar-refractivity contribution >= 4 is 17.6 Å².